The Morgan fingerprint density at radius 3 is 2.29 bits per heavy atom. The molecule has 0 fully saturated rings. The Bertz CT molecular complexity index is 751. The summed E-state index contributed by atoms with van der Waals surface area (Å²) in [4.78, 5) is 5.29. The smallest absolute Gasteiger partial charge is 0.293 e. The van der Waals surface area contributed by atoms with Crippen molar-refractivity contribution in [1.82, 2.24) is 4.98 Å². The lowest BCUT2D eigenvalue weighted by Gasteiger charge is -2.02. The van der Waals surface area contributed by atoms with Crippen molar-refractivity contribution in [2.45, 2.75) is 16.9 Å². The van der Waals surface area contributed by atoms with Crippen LogP contribution in [0.25, 0.3) is 11.3 Å². The van der Waals surface area contributed by atoms with Crippen molar-refractivity contribution in [1.29, 1.82) is 0 Å². The van der Waals surface area contributed by atoms with Gasteiger partial charge >= 0.3 is 0 Å². The zero-order valence-electron chi connectivity index (χ0n) is 11.1. The molecule has 0 radical (unpaired) electrons. The SMILES string of the molecule is Cc1ccc(-c2nc(Cl)oc2Sc2ccc(Cl)cc2)cc1. The van der Waals surface area contributed by atoms with E-state index in [1.165, 1.54) is 17.3 Å². The lowest BCUT2D eigenvalue weighted by molar-refractivity contribution is 0.473. The summed E-state index contributed by atoms with van der Waals surface area (Å²) in [5, 5.41) is 1.52. The van der Waals surface area contributed by atoms with Crippen molar-refractivity contribution in [3.63, 3.8) is 0 Å². The Hall–Kier alpha value is -1.42. The molecule has 0 aliphatic rings. The van der Waals surface area contributed by atoms with Gasteiger partial charge in [-0.25, -0.2) is 0 Å². The van der Waals surface area contributed by atoms with Crippen LogP contribution in [0.1, 0.15) is 5.56 Å². The predicted molar refractivity (Wildman–Crippen MR) is 87.3 cm³/mol. The molecule has 0 N–H and O–H groups in total. The van der Waals surface area contributed by atoms with Crippen LogP contribution in [0.5, 0.6) is 0 Å². The highest BCUT2D eigenvalue weighted by Crippen LogP contribution is 2.38. The third-order valence-corrected chi connectivity index (χ3v) is 4.30. The summed E-state index contributed by atoms with van der Waals surface area (Å²) >= 11 is 13.3. The number of nitrogens with zero attached hydrogens (tertiary/aromatic N) is 1. The normalized spacial score (nSPS) is 10.8. The van der Waals surface area contributed by atoms with Gasteiger partial charge in [0.15, 0.2) is 5.09 Å². The van der Waals surface area contributed by atoms with E-state index in [1.807, 2.05) is 55.5 Å². The molecule has 0 bridgehead atoms. The number of oxazole rings is 1. The Kier molecular flexibility index (Phi) is 4.24. The van der Waals surface area contributed by atoms with Crippen molar-refractivity contribution in [2.75, 3.05) is 0 Å². The summed E-state index contributed by atoms with van der Waals surface area (Å²) in [5.41, 5.74) is 2.92. The van der Waals surface area contributed by atoms with Crippen LogP contribution in [0.4, 0.5) is 0 Å². The maximum Gasteiger partial charge on any atom is 0.293 e. The number of hydrogen-bond acceptors (Lipinski definition) is 3. The van der Waals surface area contributed by atoms with Gasteiger partial charge in [-0.15, -0.1) is 0 Å². The second-order valence-electron chi connectivity index (χ2n) is 4.52. The minimum absolute atomic E-state index is 0.141. The Balaban J connectivity index is 1.95. The predicted octanol–water partition coefficient (Wildman–Crippen LogP) is 6.11. The quantitative estimate of drug-likeness (QED) is 0.577. The average molecular weight is 336 g/mol. The van der Waals surface area contributed by atoms with Gasteiger partial charge in [-0.3, -0.25) is 0 Å². The number of rotatable bonds is 3. The van der Waals surface area contributed by atoms with Gasteiger partial charge in [0.25, 0.3) is 5.35 Å². The first-order valence-corrected chi connectivity index (χ1v) is 7.86. The van der Waals surface area contributed by atoms with Crippen LogP contribution in [0, 0.1) is 6.92 Å². The summed E-state index contributed by atoms with van der Waals surface area (Å²) < 4.78 is 5.52. The largest absolute Gasteiger partial charge is 0.420 e. The van der Waals surface area contributed by atoms with Gasteiger partial charge in [-0.05, 0) is 54.6 Å². The van der Waals surface area contributed by atoms with E-state index in [1.54, 1.807) is 0 Å². The topological polar surface area (TPSA) is 26.0 Å². The lowest BCUT2D eigenvalue weighted by atomic mass is 10.1. The lowest BCUT2D eigenvalue weighted by Crippen LogP contribution is -1.81. The van der Waals surface area contributed by atoms with E-state index in [9.17, 15) is 0 Å². The van der Waals surface area contributed by atoms with Crippen LogP contribution in [0.15, 0.2) is 62.9 Å². The fourth-order valence-corrected chi connectivity index (χ4v) is 3.05. The van der Waals surface area contributed by atoms with Gasteiger partial charge in [0.05, 0.1) is 0 Å². The number of aryl methyl sites for hydroxylation is 1. The third-order valence-electron chi connectivity index (χ3n) is 2.92. The van der Waals surface area contributed by atoms with Gasteiger partial charge in [0.2, 0.25) is 0 Å². The summed E-state index contributed by atoms with van der Waals surface area (Å²) in [7, 11) is 0. The van der Waals surface area contributed by atoms with Crippen molar-refractivity contribution in [3.8, 4) is 11.3 Å². The van der Waals surface area contributed by atoms with E-state index in [4.69, 9.17) is 27.6 Å². The molecule has 21 heavy (non-hydrogen) atoms. The van der Waals surface area contributed by atoms with Crippen LogP contribution in [-0.4, -0.2) is 4.98 Å². The van der Waals surface area contributed by atoms with E-state index < -0.39 is 0 Å². The standard InChI is InChI=1S/C16H11Cl2NOS/c1-10-2-4-11(5-3-10)14-15(20-16(18)19-14)21-13-8-6-12(17)7-9-13/h2-9H,1H3. The van der Waals surface area contributed by atoms with E-state index in [0.717, 1.165) is 16.2 Å². The summed E-state index contributed by atoms with van der Waals surface area (Å²) in [5.74, 6) is 0. The number of benzene rings is 2. The Labute approximate surface area is 137 Å². The summed E-state index contributed by atoms with van der Waals surface area (Å²) in [6.45, 7) is 2.04. The molecule has 0 spiro atoms. The molecular formula is C16H11Cl2NOS. The molecule has 0 atom stereocenters. The summed E-state index contributed by atoms with van der Waals surface area (Å²) in [6.07, 6.45) is 0. The molecule has 0 aliphatic heterocycles. The molecular weight excluding hydrogens is 325 g/mol. The van der Waals surface area contributed by atoms with E-state index in [0.29, 0.717) is 10.1 Å². The monoisotopic (exact) mass is 335 g/mol. The molecule has 0 saturated heterocycles. The zero-order valence-corrected chi connectivity index (χ0v) is 13.5. The molecule has 1 aromatic heterocycles. The van der Waals surface area contributed by atoms with E-state index in [2.05, 4.69) is 4.98 Å². The Morgan fingerprint density at radius 2 is 1.62 bits per heavy atom. The Morgan fingerprint density at radius 1 is 0.952 bits per heavy atom. The van der Waals surface area contributed by atoms with Crippen molar-refractivity contribution >= 4 is 35.0 Å². The van der Waals surface area contributed by atoms with Crippen LogP contribution in [0.2, 0.25) is 10.4 Å². The van der Waals surface area contributed by atoms with Crippen molar-refractivity contribution in [2.24, 2.45) is 0 Å². The number of aromatic nitrogens is 1. The van der Waals surface area contributed by atoms with Crippen molar-refractivity contribution in [3.05, 3.63) is 64.5 Å². The first-order valence-electron chi connectivity index (χ1n) is 6.28. The molecule has 3 rings (SSSR count). The maximum atomic E-state index is 5.93. The molecule has 2 nitrogen and oxygen atoms in total. The molecule has 5 heteroatoms. The molecule has 0 unspecified atom stereocenters. The molecule has 106 valence electrons. The zero-order chi connectivity index (χ0) is 14.8. The second-order valence-corrected chi connectivity index (χ2v) is 6.33. The minimum Gasteiger partial charge on any atom is -0.420 e. The highest BCUT2D eigenvalue weighted by atomic mass is 35.5. The molecule has 1 heterocycles. The summed E-state index contributed by atoms with van der Waals surface area (Å²) in [6, 6.07) is 15.6. The molecule has 3 aromatic rings. The van der Waals surface area contributed by atoms with Crippen LogP contribution >= 0.6 is 35.0 Å². The van der Waals surface area contributed by atoms with Crippen LogP contribution < -0.4 is 0 Å². The van der Waals surface area contributed by atoms with Gasteiger partial charge in [0, 0.05) is 15.5 Å². The highest BCUT2D eigenvalue weighted by Gasteiger charge is 2.15. The van der Waals surface area contributed by atoms with Gasteiger partial charge < -0.3 is 4.42 Å². The van der Waals surface area contributed by atoms with Crippen molar-refractivity contribution < 1.29 is 4.42 Å². The van der Waals surface area contributed by atoms with E-state index in [-0.39, 0.29) is 5.35 Å². The minimum atomic E-state index is 0.141. The number of hydrogen-bond donors (Lipinski definition) is 0. The van der Waals surface area contributed by atoms with E-state index >= 15 is 0 Å². The average Bonchev–Trinajstić information content (AvgIpc) is 2.83. The fourth-order valence-electron chi connectivity index (χ4n) is 1.85. The highest BCUT2D eigenvalue weighted by molar-refractivity contribution is 7.99. The molecule has 2 aromatic carbocycles. The first kappa shape index (κ1) is 14.5. The molecule has 0 amide bonds. The second kappa shape index (κ2) is 6.14. The molecule has 0 aliphatic carbocycles. The fraction of sp³-hybridized carbons (Fsp3) is 0.0625. The third kappa shape index (κ3) is 3.43. The first-order chi connectivity index (χ1) is 10.1. The van der Waals surface area contributed by atoms with Gasteiger partial charge in [-0.1, -0.05) is 41.4 Å². The maximum absolute atomic E-state index is 5.93. The van der Waals surface area contributed by atoms with Crippen LogP contribution in [-0.2, 0) is 0 Å². The van der Waals surface area contributed by atoms with Gasteiger partial charge in [-0.2, -0.15) is 4.98 Å². The van der Waals surface area contributed by atoms with Gasteiger partial charge in [0.1, 0.15) is 5.69 Å². The molecule has 0 saturated carbocycles. The number of halogens is 2. The van der Waals surface area contributed by atoms with Crippen LogP contribution in [0.3, 0.4) is 0 Å².